The number of ketones is 1. The number of carbonyl (C=O) groups excluding carboxylic acids is 1. The fourth-order valence-electron chi connectivity index (χ4n) is 2.36. The number of hydrogen-bond acceptors (Lipinski definition) is 4. The van der Waals surface area contributed by atoms with Gasteiger partial charge in [0.25, 0.3) is 0 Å². The minimum absolute atomic E-state index is 0.153. The van der Waals surface area contributed by atoms with Gasteiger partial charge < -0.3 is 5.32 Å². The maximum Gasteiger partial charge on any atom is 0.195 e. The van der Waals surface area contributed by atoms with E-state index in [1.54, 1.807) is 6.20 Å². The molecule has 0 atom stereocenters. The van der Waals surface area contributed by atoms with Crippen LogP contribution < -0.4 is 5.32 Å². The van der Waals surface area contributed by atoms with Crippen LogP contribution in [0.2, 0.25) is 0 Å². The highest BCUT2D eigenvalue weighted by Gasteiger charge is 2.20. The van der Waals surface area contributed by atoms with Gasteiger partial charge in [-0.15, -0.1) is 0 Å². The normalized spacial score (nSPS) is 17.4. The van der Waals surface area contributed by atoms with Gasteiger partial charge in [0.1, 0.15) is 5.69 Å². The van der Waals surface area contributed by atoms with E-state index in [-0.39, 0.29) is 5.78 Å². The lowest BCUT2D eigenvalue weighted by atomic mass is 10.2. The van der Waals surface area contributed by atoms with Gasteiger partial charge >= 0.3 is 0 Å². The van der Waals surface area contributed by atoms with Gasteiger partial charge in [0.05, 0.1) is 17.2 Å². The Morgan fingerprint density at radius 3 is 3.11 bits per heavy atom. The molecule has 1 aliphatic heterocycles. The smallest absolute Gasteiger partial charge is 0.195 e. The van der Waals surface area contributed by atoms with Crippen molar-refractivity contribution in [2.24, 2.45) is 0 Å². The van der Waals surface area contributed by atoms with Crippen molar-refractivity contribution in [1.82, 2.24) is 20.0 Å². The van der Waals surface area contributed by atoms with Crippen molar-refractivity contribution in [3.05, 3.63) is 16.4 Å². The largest absolute Gasteiger partial charge is 0.315 e. The zero-order chi connectivity index (χ0) is 13.7. The van der Waals surface area contributed by atoms with Crippen LogP contribution in [0.1, 0.15) is 30.3 Å². The molecule has 0 saturated carbocycles. The quantitative estimate of drug-likeness (QED) is 0.833. The third-order valence-electron chi connectivity index (χ3n) is 3.29. The molecule has 1 aromatic heterocycles. The number of aromatic nitrogens is 2. The fraction of sp³-hybridized carbons (Fsp3) is 0.692. The van der Waals surface area contributed by atoms with Crippen LogP contribution in [-0.2, 0) is 6.54 Å². The van der Waals surface area contributed by atoms with Crippen LogP contribution in [-0.4, -0.2) is 53.2 Å². The molecule has 0 aromatic carbocycles. The van der Waals surface area contributed by atoms with Gasteiger partial charge in [-0.05, 0) is 41.9 Å². The van der Waals surface area contributed by atoms with Crippen molar-refractivity contribution >= 4 is 21.7 Å². The molecule has 2 rings (SSSR count). The molecule has 1 fully saturated rings. The second kappa shape index (κ2) is 7.17. The highest BCUT2D eigenvalue weighted by Crippen LogP contribution is 2.17. The lowest BCUT2D eigenvalue weighted by Crippen LogP contribution is -2.34. The molecule has 0 unspecified atom stereocenters. The summed E-state index contributed by atoms with van der Waals surface area (Å²) in [6, 6.07) is 0. The third kappa shape index (κ3) is 3.87. The molecule has 2 heterocycles. The lowest BCUT2D eigenvalue weighted by Gasteiger charge is -2.18. The summed E-state index contributed by atoms with van der Waals surface area (Å²) in [5, 5.41) is 7.60. The number of rotatable bonds is 5. The summed E-state index contributed by atoms with van der Waals surface area (Å²) in [5.41, 5.74) is 0.707. The first kappa shape index (κ1) is 14.7. The molecule has 5 nitrogen and oxygen atoms in total. The summed E-state index contributed by atoms with van der Waals surface area (Å²) in [5.74, 6) is 0.153. The van der Waals surface area contributed by atoms with Crippen molar-refractivity contribution < 1.29 is 4.79 Å². The van der Waals surface area contributed by atoms with E-state index in [4.69, 9.17) is 0 Å². The Bertz CT molecular complexity index is 424. The van der Waals surface area contributed by atoms with Gasteiger partial charge in [-0.2, -0.15) is 5.10 Å². The minimum Gasteiger partial charge on any atom is -0.315 e. The summed E-state index contributed by atoms with van der Waals surface area (Å²) in [4.78, 5) is 14.7. The van der Waals surface area contributed by atoms with Crippen LogP contribution in [0, 0.1) is 0 Å². The van der Waals surface area contributed by atoms with Gasteiger partial charge in [-0.1, -0.05) is 6.92 Å². The van der Waals surface area contributed by atoms with Gasteiger partial charge in [0.15, 0.2) is 5.78 Å². The zero-order valence-corrected chi connectivity index (χ0v) is 12.9. The van der Waals surface area contributed by atoms with Gasteiger partial charge in [-0.3, -0.25) is 14.4 Å². The van der Waals surface area contributed by atoms with E-state index in [2.05, 4.69) is 38.2 Å². The van der Waals surface area contributed by atoms with Crippen molar-refractivity contribution in [3.63, 3.8) is 0 Å². The summed E-state index contributed by atoms with van der Waals surface area (Å²) in [6.45, 7) is 7.28. The summed E-state index contributed by atoms with van der Waals surface area (Å²) >= 11 is 3.43. The van der Waals surface area contributed by atoms with E-state index >= 15 is 0 Å². The van der Waals surface area contributed by atoms with Gasteiger partial charge in [-0.25, -0.2) is 0 Å². The average molecular weight is 329 g/mol. The highest BCUT2D eigenvalue weighted by atomic mass is 79.9. The molecule has 0 bridgehead atoms. The first-order valence-corrected chi connectivity index (χ1v) is 7.69. The maximum atomic E-state index is 12.4. The molecule has 106 valence electrons. The van der Waals surface area contributed by atoms with Gasteiger partial charge in [0, 0.05) is 19.6 Å². The third-order valence-corrected chi connectivity index (χ3v) is 3.87. The second-order valence-electron chi connectivity index (χ2n) is 4.87. The average Bonchev–Trinajstić information content (AvgIpc) is 2.61. The van der Waals surface area contributed by atoms with Crippen molar-refractivity contribution in [1.29, 1.82) is 0 Å². The zero-order valence-electron chi connectivity index (χ0n) is 11.4. The number of carbonyl (C=O) groups is 1. The molecule has 1 aromatic rings. The Kier molecular flexibility index (Phi) is 5.54. The van der Waals surface area contributed by atoms with E-state index in [0.29, 0.717) is 12.2 Å². The van der Waals surface area contributed by atoms with Crippen LogP contribution in [0.15, 0.2) is 10.7 Å². The standard InChI is InChI=1S/C13H21BrN4O/c1-2-6-18-13(11(14)9-16-18)12(19)10-17-7-3-4-15-5-8-17/h9,15H,2-8,10H2,1H3. The van der Waals surface area contributed by atoms with Crippen molar-refractivity contribution in [2.45, 2.75) is 26.3 Å². The van der Waals surface area contributed by atoms with Gasteiger partial charge in [0.2, 0.25) is 0 Å². The van der Waals surface area contributed by atoms with E-state index in [1.165, 1.54) is 0 Å². The monoisotopic (exact) mass is 328 g/mol. The van der Waals surface area contributed by atoms with Crippen LogP contribution >= 0.6 is 15.9 Å². The Hall–Kier alpha value is -0.720. The number of aryl methyl sites for hydroxylation is 1. The molecule has 19 heavy (non-hydrogen) atoms. The molecular formula is C13H21BrN4O. The number of nitrogens with one attached hydrogen (secondary N) is 1. The molecule has 0 aliphatic carbocycles. The molecule has 1 N–H and O–H groups in total. The Labute approximate surface area is 122 Å². The number of nitrogens with zero attached hydrogens (tertiary/aromatic N) is 3. The number of Topliss-reactive ketones (excluding diaryl/α,β-unsaturated/α-hetero) is 1. The predicted octanol–water partition coefficient (Wildman–Crippen LogP) is 1.53. The Balaban J connectivity index is 2.04. The van der Waals surface area contributed by atoms with E-state index in [9.17, 15) is 4.79 Å². The fourth-order valence-corrected chi connectivity index (χ4v) is 2.88. The molecule has 0 radical (unpaired) electrons. The first-order chi connectivity index (χ1) is 9.22. The lowest BCUT2D eigenvalue weighted by molar-refractivity contribution is 0.0923. The Morgan fingerprint density at radius 1 is 1.47 bits per heavy atom. The topological polar surface area (TPSA) is 50.2 Å². The number of halogens is 1. The molecule has 6 heteroatoms. The minimum atomic E-state index is 0.153. The maximum absolute atomic E-state index is 12.4. The summed E-state index contributed by atoms with van der Waals surface area (Å²) in [6.07, 6.45) is 3.79. The van der Waals surface area contributed by atoms with Crippen LogP contribution in [0.4, 0.5) is 0 Å². The summed E-state index contributed by atoms with van der Waals surface area (Å²) in [7, 11) is 0. The molecule has 0 spiro atoms. The Morgan fingerprint density at radius 2 is 2.32 bits per heavy atom. The molecule has 0 amide bonds. The molecule has 1 saturated heterocycles. The predicted molar refractivity (Wildman–Crippen MR) is 78.5 cm³/mol. The van der Waals surface area contributed by atoms with E-state index < -0.39 is 0 Å². The highest BCUT2D eigenvalue weighted by molar-refractivity contribution is 9.10. The van der Waals surface area contributed by atoms with Crippen molar-refractivity contribution in [3.8, 4) is 0 Å². The molecular weight excluding hydrogens is 308 g/mol. The number of hydrogen-bond donors (Lipinski definition) is 1. The first-order valence-electron chi connectivity index (χ1n) is 6.90. The second-order valence-corrected chi connectivity index (χ2v) is 5.72. The van der Waals surface area contributed by atoms with Crippen molar-refractivity contribution in [2.75, 3.05) is 32.7 Å². The van der Waals surface area contributed by atoms with E-state index in [1.807, 2.05) is 4.68 Å². The summed E-state index contributed by atoms with van der Waals surface area (Å²) < 4.78 is 2.61. The molecule has 1 aliphatic rings. The van der Waals surface area contributed by atoms with Crippen LogP contribution in [0.25, 0.3) is 0 Å². The van der Waals surface area contributed by atoms with Crippen LogP contribution in [0.3, 0.4) is 0 Å². The SMILES string of the molecule is CCCn1ncc(Br)c1C(=O)CN1CCCNCC1. The van der Waals surface area contributed by atoms with E-state index in [0.717, 1.165) is 50.0 Å². The van der Waals surface area contributed by atoms with Crippen LogP contribution in [0.5, 0.6) is 0 Å².